The number of pyridine rings is 1. The van der Waals surface area contributed by atoms with Gasteiger partial charge in [-0.25, -0.2) is 15.0 Å². The van der Waals surface area contributed by atoms with Crippen molar-refractivity contribution in [3.63, 3.8) is 0 Å². The van der Waals surface area contributed by atoms with Crippen molar-refractivity contribution in [3.8, 4) is 5.75 Å². The number of phenolic OH excluding ortho intramolecular Hbond substituents is 1. The van der Waals surface area contributed by atoms with E-state index in [2.05, 4.69) is 41.5 Å². The summed E-state index contributed by atoms with van der Waals surface area (Å²) in [6, 6.07) is 23.7. The average molecular weight is 558 g/mol. The molecule has 0 fully saturated rings. The van der Waals surface area contributed by atoms with Crippen LogP contribution in [0.4, 0.5) is 17.2 Å². The molecule has 0 radical (unpaired) electrons. The van der Waals surface area contributed by atoms with Gasteiger partial charge in [0.2, 0.25) is 0 Å². The van der Waals surface area contributed by atoms with Crippen molar-refractivity contribution in [3.05, 3.63) is 101 Å². The molecule has 0 spiro atoms. The van der Waals surface area contributed by atoms with Crippen molar-refractivity contribution in [1.29, 1.82) is 0 Å². The number of halogens is 1. The standard InChI is InChI=1S/C27H20BrN5O2S/c1-16-5-11-22-25(31-16)29-15-30-26(22)33-23-13-17(27(35)32-19-9-7-18(28)8-10-19)6-12-24(23)36-21-4-2-3-20(34)14-21/h2-15,34H,1H3,(H,32,35)(H,29,30,31,33). The summed E-state index contributed by atoms with van der Waals surface area (Å²) in [5.41, 5.74) is 3.30. The number of aromatic hydroxyl groups is 1. The second-order valence-electron chi connectivity index (χ2n) is 7.94. The molecule has 0 unspecified atom stereocenters. The zero-order valence-electron chi connectivity index (χ0n) is 19.1. The number of anilines is 3. The Kier molecular flexibility index (Phi) is 6.84. The average Bonchev–Trinajstić information content (AvgIpc) is 2.86. The van der Waals surface area contributed by atoms with Gasteiger partial charge >= 0.3 is 0 Å². The van der Waals surface area contributed by atoms with Crippen LogP contribution in [0, 0.1) is 6.92 Å². The molecule has 0 aliphatic rings. The van der Waals surface area contributed by atoms with Gasteiger partial charge in [-0.05, 0) is 79.7 Å². The minimum absolute atomic E-state index is 0.184. The molecule has 0 aliphatic carbocycles. The third-order valence-corrected chi connectivity index (χ3v) is 6.87. The van der Waals surface area contributed by atoms with Gasteiger partial charge in [-0.3, -0.25) is 4.79 Å². The number of aryl methyl sites for hydroxylation is 1. The van der Waals surface area contributed by atoms with E-state index >= 15 is 0 Å². The lowest BCUT2D eigenvalue weighted by atomic mass is 10.1. The number of nitrogens with zero attached hydrogens (tertiary/aromatic N) is 3. The van der Waals surface area contributed by atoms with Gasteiger partial charge in [0.1, 0.15) is 17.9 Å². The van der Waals surface area contributed by atoms with E-state index in [-0.39, 0.29) is 11.7 Å². The number of hydrogen-bond acceptors (Lipinski definition) is 7. The molecule has 5 rings (SSSR count). The summed E-state index contributed by atoms with van der Waals surface area (Å²) in [6.07, 6.45) is 1.46. The van der Waals surface area contributed by atoms with Crippen molar-refractivity contribution in [2.45, 2.75) is 16.7 Å². The Labute approximate surface area is 220 Å². The number of nitrogens with one attached hydrogen (secondary N) is 2. The Morgan fingerprint density at radius 2 is 1.81 bits per heavy atom. The maximum absolute atomic E-state index is 13.0. The third kappa shape index (κ3) is 5.48. The van der Waals surface area contributed by atoms with Crippen LogP contribution < -0.4 is 10.6 Å². The first-order valence-corrected chi connectivity index (χ1v) is 12.6. The molecule has 9 heteroatoms. The second kappa shape index (κ2) is 10.3. The molecule has 2 heterocycles. The molecule has 0 saturated heterocycles. The molecule has 5 aromatic rings. The number of phenols is 1. The van der Waals surface area contributed by atoms with E-state index in [1.54, 1.807) is 30.3 Å². The number of amides is 1. The second-order valence-corrected chi connectivity index (χ2v) is 9.97. The predicted molar refractivity (Wildman–Crippen MR) is 146 cm³/mol. The van der Waals surface area contributed by atoms with Gasteiger partial charge < -0.3 is 15.7 Å². The summed E-state index contributed by atoms with van der Waals surface area (Å²) >= 11 is 4.87. The SMILES string of the molecule is Cc1ccc2c(Nc3cc(C(=O)Nc4ccc(Br)cc4)ccc3Sc3cccc(O)c3)ncnc2n1. The van der Waals surface area contributed by atoms with Crippen LogP contribution in [0.5, 0.6) is 5.75 Å². The van der Waals surface area contributed by atoms with Gasteiger partial charge in [0.05, 0.1) is 11.1 Å². The molecule has 3 aromatic carbocycles. The molecule has 3 N–H and O–H groups in total. The van der Waals surface area contributed by atoms with Gasteiger partial charge in [0.15, 0.2) is 5.65 Å². The number of rotatable bonds is 6. The fourth-order valence-electron chi connectivity index (χ4n) is 3.53. The minimum Gasteiger partial charge on any atom is -0.508 e. The zero-order valence-corrected chi connectivity index (χ0v) is 21.5. The molecule has 2 aromatic heterocycles. The van der Waals surface area contributed by atoms with Gasteiger partial charge in [-0.1, -0.05) is 33.8 Å². The van der Waals surface area contributed by atoms with Crippen LogP contribution in [0.25, 0.3) is 11.0 Å². The number of benzene rings is 3. The normalized spacial score (nSPS) is 10.8. The number of fused-ring (bicyclic) bond motifs is 1. The number of carbonyl (C=O) groups excluding carboxylic acids is 1. The van der Waals surface area contributed by atoms with Gasteiger partial charge in [0.25, 0.3) is 5.91 Å². The van der Waals surface area contributed by atoms with Crippen LogP contribution >= 0.6 is 27.7 Å². The van der Waals surface area contributed by atoms with E-state index in [0.717, 1.165) is 25.3 Å². The van der Waals surface area contributed by atoms with Crippen LogP contribution in [0.3, 0.4) is 0 Å². The van der Waals surface area contributed by atoms with Gasteiger partial charge in [-0.2, -0.15) is 0 Å². The molecular weight excluding hydrogens is 538 g/mol. The van der Waals surface area contributed by atoms with Crippen LogP contribution in [0.2, 0.25) is 0 Å². The number of hydrogen-bond donors (Lipinski definition) is 3. The Hall–Kier alpha value is -3.95. The van der Waals surface area contributed by atoms with E-state index < -0.39 is 0 Å². The van der Waals surface area contributed by atoms with Crippen LogP contribution in [0.15, 0.2) is 99.5 Å². The van der Waals surface area contributed by atoms with E-state index in [0.29, 0.717) is 28.4 Å². The maximum atomic E-state index is 13.0. The van der Waals surface area contributed by atoms with E-state index in [1.165, 1.54) is 18.1 Å². The molecule has 36 heavy (non-hydrogen) atoms. The van der Waals surface area contributed by atoms with Crippen molar-refractivity contribution in [2.24, 2.45) is 0 Å². The lowest BCUT2D eigenvalue weighted by Gasteiger charge is -2.15. The maximum Gasteiger partial charge on any atom is 0.255 e. The predicted octanol–water partition coefficient (Wildman–Crippen LogP) is 6.95. The smallest absolute Gasteiger partial charge is 0.255 e. The van der Waals surface area contributed by atoms with Crippen molar-refractivity contribution >= 4 is 61.8 Å². The third-order valence-electron chi connectivity index (χ3n) is 5.28. The Bertz CT molecular complexity index is 1580. The summed E-state index contributed by atoms with van der Waals surface area (Å²) in [5.74, 6) is 0.526. The molecule has 1 amide bonds. The van der Waals surface area contributed by atoms with Crippen LogP contribution in [0.1, 0.15) is 16.1 Å². The van der Waals surface area contributed by atoms with Gasteiger partial charge in [0, 0.05) is 31.2 Å². The fourth-order valence-corrected chi connectivity index (χ4v) is 4.73. The van der Waals surface area contributed by atoms with Crippen LogP contribution in [-0.4, -0.2) is 26.0 Å². The molecule has 0 aliphatic heterocycles. The lowest BCUT2D eigenvalue weighted by molar-refractivity contribution is 0.102. The summed E-state index contributed by atoms with van der Waals surface area (Å²) in [5, 5.41) is 17.0. The highest BCUT2D eigenvalue weighted by Crippen LogP contribution is 2.37. The van der Waals surface area contributed by atoms with Crippen molar-refractivity contribution in [2.75, 3.05) is 10.6 Å². The highest BCUT2D eigenvalue weighted by molar-refractivity contribution is 9.10. The first kappa shape index (κ1) is 23.8. The first-order chi connectivity index (χ1) is 17.4. The molecule has 0 atom stereocenters. The van der Waals surface area contributed by atoms with Crippen molar-refractivity contribution in [1.82, 2.24) is 15.0 Å². The largest absolute Gasteiger partial charge is 0.508 e. The molecular formula is C27H20BrN5O2S. The van der Waals surface area contributed by atoms with Crippen molar-refractivity contribution < 1.29 is 9.90 Å². The monoisotopic (exact) mass is 557 g/mol. The molecule has 178 valence electrons. The summed E-state index contributed by atoms with van der Waals surface area (Å²) in [6.45, 7) is 1.91. The zero-order chi connectivity index (χ0) is 25.1. The molecule has 0 saturated carbocycles. The van der Waals surface area contributed by atoms with Crippen LogP contribution in [-0.2, 0) is 0 Å². The Morgan fingerprint density at radius 1 is 0.972 bits per heavy atom. The van der Waals surface area contributed by atoms with E-state index in [9.17, 15) is 9.90 Å². The Balaban J connectivity index is 1.52. The quantitative estimate of drug-likeness (QED) is 0.207. The number of carbonyl (C=O) groups is 1. The summed E-state index contributed by atoms with van der Waals surface area (Å²) in [4.78, 5) is 27.9. The summed E-state index contributed by atoms with van der Waals surface area (Å²) in [7, 11) is 0. The first-order valence-electron chi connectivity index (χ1n) is 11.0. The van der Waals surface area contributed by atoms with E-state index in [4.69, 9.17) is 0 Å². The minimum atomic E-state index is -0.237. The highest BCUT2D eigenvalue weighted by Gasteiger charge is 2.14. The summed E-state index contributed by atoms with van der Waals surface area (Å²) < 4.78 is 0.932. The topological polar surface area (TPSA) is 100 Å². The number of aromatic nitrogens is 3. The Morgan fingerprint density at radius 3 is 2.61 bits per heavy atom. The highest BCUT2D eigenvalue weighted by atomic mass is 79.9. The fraction of sp³-hybridized carbons (Fsp3) is 0.0370. The lowest BCUT2D eigenvalue weighted by Crippen LogP contribution is -2.12. The molecule has 7 nitrogen and oxygen atoms in total. The van der Waals surface area contributed by atoms with E-state index in [1.807, 2.05) is 55.5 Å². The van der Waals surface area contributed by atoms with Gasteiger partial charge in [-0.15, -0.1) is 0 Å². The molecule has 0 bridgehead atoms.